The maximum Gasteiger partial charge on any atom is 0.164 e. The quantitative estimate of drug-likeness (QED) is 0.234. The van der Waals surface area contributed by atoms with Crippen LogP contribution >= 0.6 is 11.3 Å². The van der Waals surface area contributed by atoms with Crippen LogP contribution in [-0.4, -0.2) is 9.55 Å². The molecule has 3 aromatic carbocycles. The summed E-state index contributed by atoms with van der Waals surface area (Å²) in [5, 5.41) is 5.33. The lowest BCUT2D eigenvalue weighted by atomic mass is 9.93. The van der Waals surface area contributed by atoms with Crippen LogP contribution in [0.1, 0.15) is 37.6 Å². The van der Waals surface area contributed by atoms with Crippen molar-refractivity contribution in [1.29, 1.82) is 0 Å². The summed E-state index contributed by atoms with van der Waals surface area (Å²) in [7, 11) is 0. The normalized spacial score (nSPS) is 12.0. The van der Waals surface area contributed by atoms with Crippen LogP contribution < -0.4 is 4.74 Å². The van der Waals surface area contributed by atoms with E-state index in [2.05, 4.69) is 91.5 Å². The van der Waals surface area contributed by atoms with Gasteiger partial charge in [0.1, 0.15) is 17.9 Å². The Bertz CT molecular complexity index is 1650. The molecule has 0 spiro atoms. The molecule has 0 unspecified atom stereocenters. The molecule has 0 aliphatic rings. The summed E-state index contributed by atoms with van der Waals surface area (Å²) < 4.78 is 14.4. The van der Waals surface area contributed by atoms with Crippen molar-refractivity contribution in [1.82, 2.24) is 9.55 Å². The smallest absolute Gasteiger partial charge is 0.164 e. The van der Waals surface area contributed by atoms with E-state index in [4.69, 9.17) is 14.1 Å². The molecule has 6 rings (SSSR count). The molecule has 0 saturated carbocycles. The van der Waals surface area contributed by atoms with Crippen LogP contribution in [0, 0.1) is 0 Å². The number of hydrogen-bond donors (Lipinski definition) is 0. The Balaban J connectivity index is 1.21. The van der Waals surface area contributed by atoms with E-state index < -0.39 is 0 Å². The molecule has 0 N–H and O–H groups in total. The molecule has 0 radical (unpaired) electrons. The van der Waals surface area contributed by atoms with Gasteiger partial charge in [0.15, 0.2) is 10.8 Å². The van der Waals surface area contributed by atoms with E-state index in [0.717, 1.165) is 45.3 Å². The maximum absolute atomic E-state index is 6.14. The Kier molecular flexibility index (Phi) is 5.65. The van der Waals surface area contributed by atoms with Gasteiger partial charge in [-0.25, -0.2) is 4.98 Å². The molecule has 0 aliphatic carbocycles. The summed E-state index contributed by atoms with van der Waals surface area (Å²) >= 11 is 1.64. The Morgan fingerprint density at radius 3 is 2.56 bits per heavy atom. The van der Waals surface area contributed by atoms with Crippen molar-refractivity contribution in [2.24, 2.45) is 0 Å². The third-order valence-electron chi connectivity index (χ3n) is 6.41. The van der Waals surface area contributed by atoms with Gasteiger partial charge < -0.3 is 13.7 Å². The van der Waals surface area contributed by atoms with E-state index in [9.17, 15) is 0 Å². The Labute approximate surface area is 214 Å². The lowest BCUT2D eigenvalue weighted by Gasteiger charge is -2.13. The van der Waals surface area contributed by atoms with Gasteiger partial charge in [-0.15, -0.1) is 11.3 Å². The van der Waals surface area contributed by atoms with Crippen molar-refractivity contribution in [3.05, 3.63) is 107 Å². The highest BCUT2D eigenvalue weighted by molar-refractivity contribution is 7.13. The molecule has 4 nitrogen and oxygen atoms in total. The predicted octanol–water partition coefficient (Wildman–Crippen LogP) is 8.44. The highest BCUT2D eigenvalue weighted by Gasteiger charge is 2.19. The molecular weight excluding hydrogens is 464 g/mol. The lowest BCUT2D eigenvalue weighted by molar-refractivity contribution is 0.306. The van der Waals surface area contributed by atoms with E-state index in [1.807, 2.05) is 24.3 Å². The van der Waals surface area contributed by atoms with Gasteiger partial charge in [0.05, 0.1) is 5.69 Å². The van der Waals surface area contributed by atoms with Crippen LogP contribution in [0.15, 0.2) is 94.9 Å². The largest absolute Gasteiger partial charge is 0.489 e. The van der Waals surface area contributed by atoms with Crippen LogP contribution in [0.4, 0.5) is 0 Å². The van der Waals surface area contributed by atoms with Gasteiger partial charge in [-0.05, 0) is 53.6 Å². The maximum atomic E-state index is 6.14. The number of fused-ring (bicyclic) bond motifs is 2. The van der Waals surface area contributed by atoms with Gasteiger partial charge >= 0.3 is 0 Å². The summed E-state index contributed by atoms with van der Waals surface area (Å²) in [5.41, 5.74) is 5.59. The number of benzene rings is 3. The summed E-state index contributed by atoms with van der Waals surface area (Å²) in [6.45, 7) is 7.90. The first kappa shape index (κ1) is 22.6. The molecular formula is C31H28N2O2S. The highest BCUT2D eigenvalue weighted by Crippen LogP contribution is 2.34. The second kappa shape index (κ2) is 8.99. The minimum absolute atomic E-state index is 0.0300. The summed E-state index contributed by atoms with van der Waals surface area (Å²) in [6, 6.07) is 27.2. The molecule has 5 heteroatoms. The predicted molar refractivity (Wildman–Crippen MR) is 148 cm³/mol. The molecule has 0 saturated heterocycles. The van der Waals surface area contributed by atoms with Crippen molar-refractivity contribution in [3.8, 4) is 16.5 Å². The standard InChI is InChI=1S/C31H28N2O2S/c1-31(2,3)29-20-36-30(32-29)28-17-24-15-22(9-12-27(24)35-28)18-33-14-13-23-16-25(10-11-26(23)33)34-19-21-7-5-4-6-8-21/h4-17,20H,18-19H2,1-3H3. The van der Waals surface area contributed by atoms with Crippen molar-refractivity contribution in [2.75, 3.05) is 0 Å². The number of nitrogens with zero attached hydrogens (tertiary/aromatic N) is 2. The average Bonchev–Trinajstić information content (AvgIpc) is 3.61. The van der Waals surface area contributed by atoms with Crippen LogP contribution in [0.2, 0.25) is 0 Å². The van der Waals surface area contributed by atoms with Crippen molar-refractivity contribution < 1.29 is 9.15 Å². The van der Waals surface area contributed by atoms with E-state index in [1.165, 1.54) is 16.5 Å². The first-order chi connectivity index (χ1) is 17.4. The van der Waals surface area contributed by atoms with Gasteiger partial charge in [0.25, 0.3) is 0 Å². The van der Waals surface area contributed by atoms with Crippen molar-refractivity contribution in [2.45, 2.75) is 39.3 Å². The third-order valence-corrected chi connectivity index (χ3v) is 7.26. The van der Waals surface area contributed by atoms with Gasteiger partial charge in [0.2, 0.25) is 0 Å². The molecule has 36 heavy (non-hydrogen) atoms. The fourth-order valence-corrected chi connectivity index (χ4v) is 5.37. The van der Waals surface area contributed by atoms with Gasteiger partial charge in [-0.1, -0.05) is 57.2 Å². The van der Waals surface area contributed by atoms with E-state index in [0.29, 0.717) is 6.61 Å². The summed E-state index contributed by atoms with van der Waals surface area (Å²) in [5.74, 6) is 1.71. The van der Waals surface area contributed by atoms with Crippen LogP contribution in [0.3, 0.4) is 0 Å². The molecule has 3 heterocycles. The van der Waals surface area contributed by atoms with Gasteiger partial charge in [-0.2, -0.15) is 0 Å². The second-order valence-electron chi connectivity index (χ2n) is 10.2. The zero-order valence-electron chi connectivity index (χ0n) is 20.7. The van der Waals surface area contributed by atoms with E-state index in [1.54, 1.807) is 11.3 Å². The minimum atomic E-state index is 0.0300. The zero-order chi connectivity index (χ0) is 24.7. The molecule has 0 atom stereocenters. The first-order valence-corrected chi connectivity index (χ1v) is 13.0. The molecule has 0 fully saturated rings. The molecule has 0 aliphatic heterocycles. The number of aromatic nitrogens is 2. The minimum Gasteiger partial charge on any atom is -0.489 e. The lowest BCUT2D eigenvalue weighted by Crippen LogP contribution is -2.11. The summed E-state index contributed by atoms with van der Waals surface area (Å²) in [4.78, 5) is 4.81. The number of hydrogen-bond acceptors (Lipinski definition) is 4. The molecule has 0 amide bonds. The average molecular weight is 493 g/mol. The van der Waals surface area contributed by atoms with Crippen LogP contribution in [0.25, 0.3) is 32.6 Å². The number of thiazole rings is 1. The Hall–Kier alpha value is -3.83. The Morgan fingerprint density at radius 1 is 0.889 bits per heavy atom. The second-order valence-corrected chi connectivity index (χ2v) is 11.1. The topological polar surface area (TPSA) is 40.2 Å². The third kappa shape index (κ3) is 4.54. The van der Waals surface area contributed by atoms with Crippen LogP contribution in [0.5, 0.6) is 5.75 Å². The van der Waals surface area contributed by atoms with Crippen molar-refractivity contribution in [3.63, 3.8) is 0 Å². The Morgan fingerprint density at radius 2 is 1.75 bits per heavy atom. The van der Waals surface area contributed by atoms with Gasteiger partial charge in [-0.3, -0.25) is 0 Å². The SMILES string of the molecule is CC(C)(C)c1csc(-c2cc3cc(Cn4ccc5cc(OCc6ccccc6)ccc54)ccc3o2)n1. The highest BCUT2D eigenvalue weighted by atomic mass is 32.1. The molecule has 180 valence electrons. The molecule has 6 aromatic rings. The van der Waals surface area contributed by atoms with Crippen molar-refractivity contribution >= 4 is 33.2 Å². The fraction of sp³-hybridized carbons (Fsp3) is 0.194. The number of rotatable bonds is 6. The molecule has 0 bridgehead atoms. The zero-order valence-corrected chi connectivity index (χ0v) is 21.5. The van der Waals surface area contributed by atoms with Crippen LogP contribution in [-0.2, 0) is 18.6 Å². The fourth-order valence-electron chi connectivity index (χ4n) is 4.37. The van der Waals surface area contributed by atoms with Gasteiger partial charge in [0, 0.05) is 39.8 Å². The summed E-state index contributed by atoms with van der Waals surface area (Å²) in [6.07, 6.45) is 2.14. The van der Waals surface area contributed by atoms with E-state index in [-0.39, 0.29) is 5.41 Å². The molecule has 3 aromatic heterocycles. The monoisotopic (exact) mass is 492 g/mol. The van der Waals surface area contributed by atoms with E-state index >= 15 is 0 Å². The number of furan rings is 1. The number of ether oxygens (including phenoxy) is 1. The first-order valence-electron chi connectivity index (χ1n) is 12.2.